The number of nitrogens with one attached hydrogen (secondary N) is 2. The van der Waals surface area contributed by atoms with Gasteiger partial charge in [0.25, 0.3) is 5.91 Å². The van der Waals surface area contributed by atoms with Gasteiger partial charge in [0.05, 0.1) is 5.69 Å². The second-order valence-corrected chi connectivity index (χ2v) is 6.15. The third-order valence-electron chi connectivity index (χ3n) is 3.95. The van der Waals surface area contributed by atoms with Crippen LogP contribution in [0.4, 0.5) is 4.79 Å². The number of hydrogen-bond acceptors (Lipinski definition) is 6. The molecule has 2 aromatic heterocycles. The van der Waals surface area contributed by atoms with Gasteiger partial charge in [-0.15, -0.1) is 6.58 Å². The van der Waals surface area contributed by atoms with E-state index in [-0.39, 0.29) is 18.0 Å². The van der Waals surface area contributed by atoms with Crippen LogP contribution in [0.3, 0.4) is 0 Å². The summed E-state index contributed by atoms with van der Waals surface area (Å²) in [6.45, 7) is 3.71. The zero-order chi connectivity index (χ0) is 22.1. The predicted molar refractivity (Wildman–Crippen MR) is 113 cm³/mol. The third-order valence-corrected chi connectivity index (χ3v) is 3.95. The lowest BCUT2D eigenvalue weighted by atomic mass is 10.1. The van der Waals surface area contributed by atoms with Crippen molar-refractivity contribution in [3.05, 3.63) is 90.3 Å². The maximum absolute atomic E-state index is 11.9. The zero-order valence-electron chi connectivity index (χ0n) is 16.3. The van der Waals surface area contributed by atoms with E-state index in [4.69, 9.17) is 9.94 Å². The molecule has 2 heterocycles. The summed E-state index contributed by atoms with van der Waals surface area (Å²) < 4.78 is 5.13. The summed E-state index contributed by atoms with van der Waals surface area (Å²) in [6.07, 6.45) is 4.10. The highest BCUT2D eigenvalue weighted by Crippen LogP contribution is 2.23. The van der Waals surface area contributed by atoms with E-state index >= 15 is 0 Å². The molecule has 1 aromatic carbocycles. The molecule has 3 N–H and O–H groups in total. The van der Waals surface area contributed by atoms with Gasteiger partial charge in [0, 0.05) is 47.3 Å². The van der Waals surface area contributed by atoms with Crippen LogP contribution in [0.15, 0.2) is 73.6 Å². The first-order valence-corrected chi connectivity index (χ1v) is 9.14. The van der Waals surface area contributed by atoms with E-state index in [0.717, 1.165) is 11.1 Å². The summed E-state index contributed by atoms with van der Waals surface area (Å²) in [5.41, 5.74) is 4.24. The van der Waals surface area contributed by atoms with Gasteiger partial charge in [-0.1, -0.05) is 30.0 Å². The third kappa shape index (κ3) is 6.00. The van der Waals surface area contributed by atoms with Crippen LogP contribution in [0.1, 0.15) is 21.5 Å². The molecule has 0 spiro atoms. The van der Waals surface area contributed by atoms with Gasteiger partial charge in [-0.25, -0.2) is 15.3 Å². The zero-order valence-corrected chi connectivity index (χ0v) is 16.3. The quantitative estimate of drug-likeness (QED) is 0.256. The summed E-state index contributed by atoms with van der Waals surface area (Å²) in [5, 5.41) is 11.4. The number of hydrogen-bond donors (Lipinski definition) is 3. The number of carbonyl (C=O) groups excluding carboxylic acids is 2. The second-order valence-electron chi connectivity index (χ2n) is 6.15. The first-order chi connectivity index (χ1) is 15.1. The largest absolute Gasteiger partial charge is 0.414 e. The Hall–Kier alpha value is -4.48. The van der Waals surface area contributed by atoms with Crippen LogP contribution in [0.5, 0.6) is 5.88 Å². The van der Waals surface area contributed by atoms with E-state index in [9.17, 15) is 9.59 Å². The molecule has 3 rings (SSSR count). The van der Waals surface area contributed by atoms with Gasteiger partial charge >= 0.3 is 6.09 Å². The Labute approximate surface area is 178 Å². The fourth-order valence-corrected chi connectivity index (χ4v) is 2.49. The molecule has 8 heteroatoms. The highest BCUT2D eigenvalue weighted by Gasteiger charge is 2.13. The van der Waals surface area contributed by atoms with Crippen molar-refractivity contribution in [3.63, 3.8) is 0 Å². The first kappa shape index (κ1) is 21.2. The fraction of sp³-hybridized carbons (Fsp3) is 0.0435. The Kier molecular flexibility index (Phi) is 7.08. The summed E-state index contributed by atoms with van der Waals surface area (Å²) in [4.78, 5) is 32.0. The van der Waals surface area contributed by atoms with Crippen LogP contribution in [0.25, 0.3) is 11.3 Å². The summed E-state index contributed by atoms with van der Waals surface area (Å²) in [7, 11) is 0. The van der Waals surface area contributed by atoms with Gasteiger partial charge in [-0.3, -0.25) is 15.0 Å². The molecule has 0 saturated carbocycles. The van der Waals surface area contributed by atoms with Crippen molar-refractivity contribution in [1.29, 1.82) is 0 Å². The minimum absolute atomic E-state index is 0.0690. The summed E-state index contributed by atoms with van der Waals surface area (Å²) in [5.74, 6) is 5.20. The molecule has 3 aromatic rings. The van der Waals surface area contributed by atoms with Gasteiger partial charge in [0.2, 0.25) is 5.88 Å². The highest BCUT2D eigenvalue weighted by atomic mass is 16.6. The van der Waals surface area contributed by atoms with E-state index in [0.29, 0.717) is 11.3 Å². The van der Waals surface area contributed by atoms with Crippen LogP contribution in [0.2, 0.25) is 0 Å². The van der Waals surface area contributed by atoms with Crippen LogP contribution in [0, 0.1) is 11.8 Å². The molecule has 154 valence electrons. The molecule has 8 nitrogen and oxygen atoms in total. The molecule has 0 aliphatic rings. The maximum atomic E-state index is 11.9. The number of amides is 2. The molecule has 31 heavy (non-hydrogen) atoms. The first-order valence-electron chi connectivity index (χ1n) is 9.14. The molecule has 0 radical (unpaired) electrons. The molecule has 0 aliphatic carbocycles. The number of ether oxygens (including phenoxy) is 1. The number of nitrogens with zero attached hydrogens (tertiary/aromatic N) is 2. The molecular weight excluding hydrogens is 396 g/mol. The van der Waals surface area contributed by atoms with Crippen molar-refractivity contribution >= 4 is 12.0 Å². The molecule has 2 amide bonds. The monoisotopic (exact) mass is 414 g/mol. The van der Waals surface area contributed by atoms with E-state index in [1.807, 2.05) is 12.1 Å². The van der Waals surface area contributed by atoms with Crippen molar-refractivity contribution in [2.75, 3.05) is 6.54 Å². The number of aromatic nitrogens is 2. The highest BCUT2D eigenvalue weighted by molar-refractivity contribution is 5.94. The predicted octanol–water partition coefficient (Wildman–Crippen LogP) is 2.94. The van der Waals surface area contributed by atoms with Crippen molar-refractivity contribution in [2.24, 2.45) is 0 Å². The normalized spacial score (nSPS) is 9.71. The lowest BCUT2D eigenvalue weighted by Gasteiger charge is -2.09. The Morgan fingerprint density at radius 2 is 1.90 bits per heavy atom. The van der Waals surface area contributed by atoms with Gasteiger partial charge in [-0.05, 0) is 30.3 Å². The van der Waals surface area contributed by atoms with Crippen LogP contribution in [-0.4, -0.2) is 33.7 Å². The van der Waals surface area contributed by atoms with Gasteiger partial charge in [0.1, 0.15) is 0 Å². The molecule has 0 fully saturated rings. The van der Waals surface area contributed by atoms with E-state index in [2.05, 4.69) is 33.7 Å². The topological polar surface area (TPSA) is 113 Å². The minimum atomic E-state index is -0.765. The van der Waals surface area contributed by atoms with Crippen molar-refractivity contribution < 1.29 is 19.5 Å². The second kappa shape index (κ2) is 10.3. The number of carbonyl (C=O) groups is 2. The number of benzene rings is 1. The minimum Gasteiger partial charge on any atom is -0.391 e. The Balaban J connectivity index is 1.87. The average molecular weight is 414 g/mol. The molecular formula is C23H18N4O4. The molecule has 0 saturated heterocycles. The number of rotatable bonds is 5. The van der Waals surface area contributed by atoms with Gasteiger partial charge in [0.15, 0.2) is 0 Å². The molecule has 0 bridgehead atoms. The smallest absolute Gasteiger partial charge is 0.391 e. The van der Waals surface area contributed by atoms with Gasteiger partial charge < -0.3 is 10.1 Å². The molecule has 0 unspecified atom stereocenters. The lowest BCUT2D eigenvalue weighted by Crippen LogP contribution is -2.27. The van der Waals surface area contributed by atoms with Crippen LogP contribution >= 0.6 is 0 Å². The molecule has 0 atom stereocenters. The van der Waals surface area contributed by atoms with Crippen molar-refractivity contribution in [3.8, 4) is 29.0 Å². The average Bonchev–Trinajstić information content (AvgIpc) is 2.81. The molecule has 0 aliphatic heterocycles. The summed E-state index contributed by atoms with van der Waals surface area (Å²) >= 11 is 0. The van der Waals surface area contributed by atoms with Crippen molar-refractivity contribution in [2.45, 2.75) is 0 Å². The number of pyridine rings is 2. The Morgan fingerprint density at radius 3 is 2.58 bits per heavy atom. The Morgan fingerprint density at radius 1 is 1.13 bits per heavy atom. The maximum Gasteiger partial charge on any atom is 0.414 e. The number of hydroxylamine groups is 1. The Bertz CT molecular complexity index is 1150. The fourth-order valence-electron chi connectivity index (χ4n) is 2.49. The van der Waals surface area contributed by atoms with E-state index in [1.165, 1.54) is 18.2 Å². The van der Waals surface area contributed by atoms with E-state index in [1.54, 1.807) is 42.1 Å². The van der Waals surface area contributed by atoms with Gasteiger partial charge in [-0.2, -0.15) is 0 Å². The van der Waals surface area contributed by atoms with Crippen molar-refractivity contribution in [1.82, 2.24) is 20.8 Å². The van der Waals surface area contributed by atoms with Crippen LogP contribution in [-0.2, 0) is 0 Å². The van der Waals surface area contributed by atoms with Crippen LogP contribution < -0.4 is 15.5 Å². The van der Waals surface area contributed by atoms with E-state index < -0.39 is 12.0 Å². The summed E-state index contributed by atoms with van der Waals surface area (Å²) in [6, 6.07) is 13.5. The standard InChI is InChI=1S/C23H18N4O4/c1-2-11-25-23(29)31-21-14-19(22(28)27-30)13-20(26-21)18-9-7-16(8-10-18)5-6-17-4-3-12-24-15-17/h2-4,7-10,12-15,30H,1,11H2,(H,25,29)(H,27,28). The lowest BCUT2D eigenvalue weighted by molar-refractivity contribution is 0.0705. The SMILES string of the molecule is C=CCNC(=O)Oc1cc(C(=O)NO)cc(-c2ccc(C#Cc3cccnc3)cc2)n1.